The Hall–Kier alpha value is -4.38. The summed E-state index contributed by atoms with van der Waals surface area (Å²) in [5, 5.41) is 3.30. The first kappa shape index (κ1) is 28.7. The molecule has 43 heavy (non-hydrogen) atoms. The van der Waals surface area contributed by atoms with Crippen LogP contribution in [0.5, 0.6) is 0 Å². The second-order valence-electron chi connectivity index (χ2n) is 12.5. The maximum absolute atomic E-state index is 13.7. The van der Waals surface area contributed by atoms with Crippen LogP contribution in [0.3, 0.4) is 0 Å². The molecule has 0 bridgehead atoms. The van der Waals surface area contributed by atoms with E-state index in [-0.39, 0.29) is 18.2 Å². The molecule has 11 nitrogen and oxygen atoms in total. The van der Waals surface area contributed by atoms with Gasteiger partial charge in [0.2, 0.25) is 5.95 Å². The first-order valence-electron chi connectivity index (χ1n) is 14.9. The topological polar surface area (TPSA) is 97.4 Å². The number of piperazine rings is 1. The number of likely N-dealkylation sites (N-methyl/N-ethyl adjacent to an activating group) is 1. The summed E-state index contributed by atoms with van der Waals surface area (Å²) in [6.07, 6.45) is 2.00. The van der Waals surface area contributed by atoms with Crippen molar-refractivity contribution in [3.05, 3.63) is 65.9 Å². The zero-order chi connectivity index (χ0) is 30.3. The fourth-order valence-corrected chi connectivity index (χ4v) is 5.96. The van der Waals surface area contributed by atoms with Crippen LogP contribution >= 0.6 is 0 Å². The van der Waals surface area contributed by atoms with E-state index in [0.29, 0.717) is 31.3 Å². The van der Waals surface area contributed by atoms with Crippen molar-refractivity contribution in [3.63, 3.8) is 0 Å². The van der Waals surface area contributed by atoms with Crippen LogP contribution in [0, 0.1) is 0 Å². The largest absolute Gasteiger partial charge is 0.443 e. The number of para-hydroxylation sites is 1. The molecule has 1 aromatic heterocycles. The van der Waals surface area contributed by atoms with Gasteiger partial charge in [-0.05, 0) is 70.1 Å². The van der Waals surface area contributed by atoms with Gasteiger partial charge in [0.15, 0.2) is 0 Å². The fraction of sp³-hybridized carbons (Fsp3) is 0.438. The van der Waals surface area contributed by atoms with Crippen LogP contribution in [0.4, 0.5) is 38.4 Å². The zero-order valence-corrected chi connectivity index (χ0v) is 25.6. The highest BCUT2D eigenvalue weighted by Gasteiger charge is 2.39. The number of aromatic nitrogens is 2. The summed E-state index contributed by atoms with van der Waals surface area (Å²) in [7, 11) is 3.90. The molecule has 0 spiro atoms. The minimum absolute atomic E-state index is 0.140. The van der Waals surface area contributed by atoms with Crippen LogP contribution in [0.1, 0.15) is 44.4 Å². The monoisotopic (exact) mass is 584 g/mol. The number of hydrogen-bond donors (Lipinski definition) is 1. The predicted molar refractivity (Wildman–Crippen MR) is 168 cm³/mol. The van der Waals surface area contributed by atoms with Crippen molar-refractivity contribution in [2.45, 2.75) is 45.4 Å². The third-order valence-corrected chi connectivity index (χ3v) is 8.23. The number of carbonyl (C=O) groups is 2. The summed E-state index contributed by atoms with van der Waals surface area (Å²) in [6, 6.07) is 15.7. The normalized spacial score (nSPS) is 19.2. The molecule has 1 fully saturated rings. The van der Waals surface area contributed by atoms with Gasteiger partial charge < -0.3 is 24.8 Å². The summed E-state index contributed by atoms with van der Waals surface area (Å²) in [4.78, 5) is 45.9. The van der Waals surface area contributed by atoms with Gasteiger partial charge in [0.25, 0.3) is 0 Å². The van der Waals surface area contributed by atoms with E-state index >= 15 is 0 Å². The van der Waals surface area contributed by atoms with Gasteiger partial charge >= 0.3 is 12.1 Å². The molecule has 0 saturated carbocycles. The van der Waals surface area contributed by atoms with Crippen molar-refractivity contribution in [1.82, 2.24) is 19.8 Å². The number of nitrogens with one attached hydrogen (secondary N) is 1. The third-order valence-electron chi connectivity index (χ3n) is 8.23. The van der Waals surface area contributed by atoms with E-state index in [1.54, 1.807) is 23.0 Å². The maximum Gasteiger partial charge on any atom is 0.414 e. The van der Waals surface area contributed by atoms with Crippen LogP contribution in [-0.4, -0.2) is 84.3 Å². The Morgan fingerprint density at radius 3 is 2.42 bits per heavy atom. The lowest BCUT2D eigenvalue weighted by Gasteiger charge is -2.43. The molecule has 3 aliphatic heterocycles. The minimum Gasteiger partial charge on any atom is -0.443 e. The summed E-state index contributed by atoms with van der Waals surface area (Å²) < 4.78 is 5.66. The van der Waals surface area contributed by atoms with Crippen LogP contribution in [-0.2, 0) is 11.3 Å². The molecule has 6 rings (SSSR count). The molecule has 11 heteroatoms. The molecule has 1 atom stereocenters. The van der Waals surface area contributed by atoms with Crippen molar-refractivity contribution >= 4 is 41.0 Å². The molecular formula is C32H40N8O3. The van der Waals surface area contributed by atoms with Gasteiger partial charge in [-0.2, -0.15) is 4.98 Å². The minimum atomic E-state index is -0.597. The molecule has 3 amide bonds. The fourth-order valence-electron chi connectivity index (χ4n) is 5.96. The first-order chi connectivity index (χ1) is 20.6. The molecule has 3 aromatic rings. The second-order valence-corrected chi connectivity index (χ2v) is 12.5. The van der Waals surface area contributed by atoms with Crippen molar-refractivity contribution in [2.75, 3.05) is 66.8 Å². The SMILES string of the molecule is CN1CCN(c2ccc(Nc3ncc4c(n3)N(C)C(=O)N([C@@H]3CCN(C(=O)OC(C)(C)C)c5ccccc53)C4)cc2)CC1. The first-order valence-corrected chi connectivity index (χ1v) is 14.9. The standard InChI is InChI=1S/C32H40N8O3/c1-32(2,3)43-31(42)39-15-14-27(25-8-6-7-9-26(25)39)40-21-22-20-33-29(35-28(22)37(5)30(40)41)34-23-10-12-24(13-11-23)38-18-16-36(4)17-19-38/h6-13,20,27H,14-19,21H2,1-5H3,(H,33,34,35)/t27-/m1/s1. The summed E-state index contributed by atoms with van der Waals surface area (Å²) in [5.41, 5.74) is 4.05. The number of nitrogens with zero attached hydrogens (tertiary/aromatic N) is 7. The summed E-state index contributed by atoms with van der Waals surface area (Å²) >= 11 is 0. The predicted octanol–water partition coefficient (Wildman–Crippen LogP) is 5.23. The van der Waals surface area contributed by atoms with Crippen LogP contribution in [0.25, 0.3) is 0 Å². The van der Waals surface area contributed by atoms with Gasteiger partial charge in [0.05, 0.1) is 18.3 Å². The molecule has 2 aromatic carbocycles. The van der Waals surface area contributed by atoms with Gasteiger partial charge in [0.1, 0.15) is 11.4 Å². The number of rotatable bonds is 4. The van der Waals surface area contributed by atoms with Crippen LogP contribution in [0.2, 0.25) is 0 Å². The Kier molecular flexibility index (Phi) is 7.59. The van der Waals surface area contributed by atoms with E-state index in [1.165, 1.54) is 5.69 Å². The molecule has 1 saturated heterocycles. The van der Waals surface area contributed by atoms with Crippen molar-refractivity contribution in [1.29, 1.82) is 0 Å². The maximum atomic E-state index is 13.7. The summed E-state index contributed by atoms with van der Waals surface area (Å²) in [5.74, 6) is 1.03. The lowest BCUT2D eigenvalue weighted by Crippen LogP contribution is -2.50. The number of ether oxygens (including phenoxy) is 1. The van der Waals surface area contributed by atoms with E-state index in [1.807, 2.05) is 62.1 Å². The third kappa shape index (κ3) is 5.94. The van der Waals surface area contributed by atoms with E-state index in [2.05, 4.69) is 39.3 Å². The molecule has 0 radical (unpaired) electrons. The van der Waals surface area contributed by atoms with Crippen LogP contribution in [0.15, 0.2) is 54.7 Å². The number of hydrogen-bond acceptors (Lipinski definition) is 8. The number of anilines is 5. The number of fused-ring (bicyclic) bond motifs is 2. The number of urea groups is 1. The Labute approximate surface area is 253 Å². The molecule has 226 valence electrons. The molecule has 0 unspecified atom stereocenters. The van der Waals surface area contributed by atoms with Crippen molar-refractivity contribution < 1.29 is 14.3 Å². The average Bonchev–Trinajstić information content (AvgIpc) is 2.99. The Bertz CT molecular complexity index is 1500. The average molecular weight is 585 g/mol. The smallest absolute Gasteiger partial charge is 0.414 e. The van der Waals surface area contributed by atoms with Gasteiger partial charge in [-0.1, -0.05) is 18.2 Å². The molecule has 0 aliphatic carbocycles. The number of benzene rings is 2. The van der Waals surface area contributed by atoms with E-state index < -0.39 is 5.60 Å². The highest BCUT2D eigenvalue weighted by Crippen LogP contribution is 2.41. The molecule has 3 aliphatic rings. The number of carbonyl (C=O) groups excluding carboxylic acids is 2. The highest BCUT2D eigenvalue weighted by atomic mass is 16.6. The van der Waals surface area contributed by atoms with Gasteiger partial charge in [-0.3, -0.25) is 9.80 Å². The molecule has 1 N–H and O–H groups in total. The van der Waals surface area contributed by atoms with Crippen molar-refractivity contribution in [2.24, 2.45) is 0 Å². The Morgan fingerprint density at radius 2 is 1.70 bits per heavy atom. The van der Waals surface area contributed by atoms with E-state index in [4.69, 9.17) is 9.72 Å². The Balaban J connectivity index is 1.18. The summed E-state index contributed by atoms with van der Waals surface area (Å²) in [6.45, 7) is 10.6. The molecule has 4 heterocycles. The van der Waals surface area contributed by atoms with E-state index in [0.717, 1.165) is 48.7 Å². The molecular weight excluding hydrogens is 544 g/mol. The van der Waals surface area contributed by atoms with Crippen LogP contribution < -0.4 is 20.0 Å². The quantitative estimate of drug-likeness (QED) is 0.445. The number of amides is 3. The highest BCUT2D eigenvalue weighted by molar-refractivity contribution is 5.94. The lowest BCUT2D eigenvalue weighted by atomic mass is 9.94. The second kappa shape index (κ2) is 11.4. The lowest BCUT2D eigenvalue weighted by molar-refractivity contribution is 0.0572. The van der Waals surface area contributed by atoms with Gasteiger partial charge in [0, 0.05) is 62.9 Å². The zero-order valence-electron chi connectivity index (χ0n) is 25.6. The van der Waals surface area contributed by atoms with Gasteiger partial charge in [-0.25, -0.2) is 14.6 Å². The van der Waals surface area contributed by atoms with Crippen molar-refractivity contribution in [3.8, 4) is 0 Å². The van der Waals surface area contributed by atoms with Gasteiger partial charge in [-0.15, -0.1) is 0 Å². The Morgan fingerprint density at radius 1 is 0.977 bits per heavy atom. The van der Waals surface area contributed by atoms with E-state index in [9.17, 15) is 9.59 Å².